The fourth-order valence-electron chi connectivity index (χ4n) is 3.54. The maximum atomic E-state index is 12.9. The number of amides is 2. The second-order valence-corrected chi connectivity index (χ2v) is 9.92. The number of rotatable bonds is 4. The molecule has 0 aromatic heterocycles. The monoisotopic (exact) mass is 452 g/mol. The summed E-state index contributed by atoms with van der Waals surface area (Å²) in [6.07, 6.45) is -0.858. The van der Waals surface area contributed by atoms with Crippen molar-refractivity contribution >= 4 is 17.9 Å². The Hall–Kier alpha value is -2.68. The molecular weight excluding hydrogens is 416 g/mol. The first kappa shape index (κ1) is 25.6. The number of aliphatic hydroxyl groups is 1. The van der Waals surface area contributed by atoms with Crippen LogP contribution in [0.3, 0.4) is 0 Å². The Morgan fingerprint density at radius 3 is 2.12 bits per heavy atom. The van der Waals surface area contributed by atoms with Gasteiger partial charge in [0, 0.05) is 19.2 Å². The van der Waals surface area contributed by atoms with Crippen molar-refractivity contribution in [3.63, 3.8) is 0 Å². The summed E-state index contributed by atoms with van der Waals surface area (Å²) in [7, 11) is 4.49. The first-order chi connectivity index (χ1) is 14.6. The van der Waals surface area contributed by atoms with E-state index in [9.17, 15) is 14.7 Å². The van der Waals surface area contributed by atoms with Crippen LogP contribution in [0.5, 0.6) is 11.5 Å². The number of carbonyl (C=O) groups is 2. The van der Waals surface area contributed by atoms with E-state index in [1.54, 1.807) is 60.7 Å². The normalized spacial score (nSPS) is 18.9. The third-order valence-corrected chi connectivity index (χ3v) is 4.92. The Bertz CT molecular complexity index is 857. The SMILES string of the molecule is COc1ccc(C2(O)CCN(C(=O)OC(C)(C)C)C2)c(N(C)C(=O)OC(C)(C)C)c1OC. The van der Waals surface area contributed by atoms with Gasteiger partial charge in [-0.15, -0.1) is 0 Å². The third kappa shape index (κ3) is 5.76. The molecule has 1 unspecified atom stereocenters. The minimum Gasteiger partial charge on any atom is -0.493 e. The molecule has 1 aromatic rings. The van der Waals surface area contributed by atoms with Crippen molar-refractivity contribution < 1.29 is 33.6 Å². The van der Waals surface area contributed by atoms with Crippen molar-refractivity contribution in [1.29, 1.82) is 0 Å². The van der Waals surface area contributed by atoms with Gasteiger partial charge in [0.15, 0.2) is 11.5 Å². The van der Waals surface area contributed by atoms with Crippen molar-refractivity contribution in [2.75, 3.05) is 39.3 Å². The van der Waals surface area contributed by atoms with Crippen LogP contribution in [0.25, 0.3) is 0 Å². The predicted molar refractivity (Wildman–Crippen MR) is 121 cm³/mol. The van der Waals surface area contributed by atoms with Crippen molar-refractivity contribution in [1.82, 2.24) is 4.90 Å². The molecular formula is C23H36N2O7. The molecule has 9 heteroatoms. The van der Waals surface area contributed by atoms with E-state index in [-0.39, 0.29) is 18.7 Å². The molecule has 1 fully saturated rings. The van der Waals surface area contributed by atoms with Gasteiger partial charge in [0.2, 0.25) is 0 Å². The van der Waals surface area contributed by atoms with Crippen LogP contribution in [0.15, 0.2) is 12.1 Å². The van der Waals surface area contributed by atoms with Crippen LogP contribution < -0.4 is 14.4 Å². The number of nitrogens with zero attached hydrogens (tertiary/aromatic N) is 2. The molecule has 0 spiro atoms. The van der Waals surface area contributed by atoms with Crippen molar-refractivity contribution in [2.24, 2.45) is 0 Å². The molecule has 1 aliphatic heterocycles. The molecule has 1 N–H and O–H groups in total. The molecule has 0 radical (unpaired) electrons. The third-order valence-electron chi connectivity index (χ3n) is 4.92. The van der Waals surface area contributed by atoms with E-state index < -0.39 is 29.0 Å². The van der Waals surface area contributed by atoms with Gasteiger partial charge < -0.3 is 29.0 Å². The second-order valence-electron chi connectivity index (χ2n) is 9.92. The minimum absolute atomic E-state index is 0.00650. The van der Waals surface area contributed by atoms with E-state index in [0.717, 1.165) is 0 Å². The van der Waals surface area contributed by atoms with Gasteiger partial charge >= 0.3 is 12.2 Å². The summed E-state index contributed by atoms with van der Waals surface area (Å²) in [5.41, 5.74) is -2.05. The van der Waals surface area contributed by atoms with E-state index in [1.165, 1.54) is 24.0 Å². The molecule has 180 valence electrons. The number of hydrogen-bond donors (Lipinski definition) is 1. The van der Waals surface area contributed by atoms with E-state index in [4.69, 9.17) is 18.9 Å². The van der Waals surface area contributed by atoms with Gasteiger partial charge in [-0.3, -0.25) is 4.90 Å². The van der Waals surface area contributed by atoms with E-state index in [2.05, 4.69) is 0 Å². The summed E-state index contributed by atoms with van der Waals surface area (Å²) in [6.45, 7) is 11.0. The average molecular weight is 453 g/mol. The lowest BCUT2D eigenvalue weighted by Gasteiger charge is -2.32. The maximum absolute atomic E-state index is 12.9. The van der Waals surface area contributed by atoms with E-state index in [1.807, 2.05) is 0 Å². The largest absolute Gasteiger partial charge is 0.493 e. The smallest absolute Gasteiger partial charge is 0.414 e. The van der Waals surface area contributed by atoms with Crippen LogP contribution in [0.2, 0.25) is 0 Å². The summed E-state index contributed by atoms with van der Waals surface area (Å²) < 4.78 is 21.9. The summed E-state index contributed by atoms with van der Waals surface area (Å²) in [4.78, 5) is 28.2. The molecule has 1 heterocycles. The number of anilines is 1. The van der Waals surface area contributed by atoms with Crippen LogP contribution in [0.4, 0.5) is 15.3 Å². The van der Waals surface area contributed by atoms with Crippen LogP contribution in [-0.4, -0.2) is 67.8 Å². The van der Waals surface area contributed by atoms with Crippen molar-refractivity contribution in [3.8, 4) is 11.5 Å². The Labute approximate surface area is 190 Å². The molecule has 2 amide bonds. The molecule has 1 aliphatic rings. The maximum Gasteiger partial charge on any atom is 0.414 e. The van der Waals surface area contributed by atoms with Gasteiger partial charge in [-0.25, -0.2) is 9.59 Å². The van der Waals surface area contributed by atoms with Crippen LogP contribution in [0.1, 0.15) is 53.5 Å². The Morgan fingerprint density at radius 2 is 1.62 bits per heavy atom. The fourth-order valence-corrected chi connectivity index (χ4v) is 3.54. The molecule has 1 aromatic carbocycles. The quantitative estimate of drug-likeness (QED) is 0.740. The number of ether oxygens (including phenoxy) is 4. The summed E-state index contributed by atoms with van der Waals surface area (Å²) in [5, 5.41) is 11.6. The highest BCUT2D eigenvalue weighted by molar-refractivity contribution is 5.92. The van der Waals surface area contributed by atoms with Gasteiger partial charge in [-0.2, -0.15) is 0 Å². The Morgan fingerprint density at radius 1 is 1.03 bits per heavy atom. The average Bonchev–Trinajstić information content (AvgIpc) is 3.07. The first-order valence-electron chi connectivity index (χ1n) is 10.5. The second kappa shape index (κ2) is 9.05. The number of likely N-dealkylation sites (tertiary alicyclic amines) is 1. The molecule has 9 nitrogen and oxygen atoms in total. The van der Waals surface area contributed by atoms with Gasteiger partial charge in [-0.1, -0.05) is 6.07 Å². The highest BCUT2D eigenvalue weighted by Crippen LogP contribution is 2.47. The highest BCUT2D eigenvalue weighted by Gasteiger charge is 2.44. The molecule has 2 rings (SSSR count). The lowest BCUT2D eigenvalue weighted by atomic mass is 9.90. The van der Waals surface area contributed by atoms with Gasteiger partial charge in [0.1, 0.15) is 16.8 Å². The first-order valence-corrected chi connectivity index (χ1v) is 10.5. The van der Waals surface area contributed by atoms with Crippen molar-refractivity contribution in [3.05, 3.63) is 17.7 Å². The molecule has 0 saturated carbocycles. The zero-order chi connectivity index (χ0) is 24.5. The minimum atomic E-state index is -1.43. The Balaban J connectivity index is 2.49. The molecule has 32 heavy (non-hydrogen) atoms. The molecule has 0 aliphatic carbocycles. The topological polar surface area (TPSA) is 97.8 Å². The number of benzene rings is 1. The van der Waals surface area contributed by atoms with Crippen molar-refractivity contribution in [2.45, 2.75) is 64.8 Å². The van der Waals surface area contributed by atoms with Crippen LogP contribution in [0, 0.1) is 0 Å². The Kier molecular flexibility index (Phi) is 7.24. The number of methoxy groups -OCH3 is 2. The molecule has 0 bridgehead atoms. The fraction of sp³-hybridized carbons (Fsp3) is 0.652. The highest BCUT2D eigenvalue weighted by atomic mass is 16.6. The number of β-amino-alcohol motifs (C(OH)–C–C–N with tert-alkyl or cyclic N) is 1. The van der Waals surface area contributed by atoms with E-state index >= 15 is 0 Å². The summed E-state index contributed by atoms with van der Waals surface area (Å²) >= 11 is 0. The van der Waals surface area contributed by atoms with Gasteiger partial charge in [0.25, 0.3) is 0 Å². The summed E-state index contributed by atoms with van der Waals surface area (Å²) in [6, 6.07) is 3.34. The zero-order valence-electron chi connectivity index (χ0n) is 20.6. The summed E-state index contributed by atoms with van der Waals surface area (Å²) in [5.74, 6) is 0.676. The predicted octanol–water partition coefficient (Wildman–Crippen LogP) is 3.90. The van der Waals surface area contributed by atoms with Gasteiger partial charge in [-0.05, 0) is 54.0 Å². The lowest BCUT2D eigenvalue weighted by Crippen LogP contribution is -2.40. The van der Waals surface area contributed by atoms with Crippen LogP contribution in [-0.2, 0) is 15.1 Å². The zero-order valence-corrected chi connectivity index (χ0v) is 20.6. The molecule has 1 saturated heterocycles. The number of hydrogen-bond acceptors (Lipinski definition) is 7. The standard InChI is InChI=1S/C23H36N2O7/c1-21(2,3)31-19(26)24(7)17-15(10-11-16(29-8)18(17)30-9)23(28)12-13-25(14-23)20(27)32-22(4,5)6/h10-11,28H,12-14H2,1-9H3. The molecule has 1 atom stereocenters. The number of carbonyl (C=O) groups excluding carboxylic acids is 2. The van der Waals surface area contributed by atoms with Gasteiger partial charge in [0.05, 0.1) is 26.5 Å². The van der Waals surface area contributed by atoms with Crippen LogP contribution >= 0.6 is 0 Å². The van der Waals surface area contributed by atoms with E-state index in [0.29, 0.717) is 23.5 Å². The lowest BCUT2D eigenvalue weighted by molar-refractivity contribution is 0.0139.